The Balaban J connectivity index is 1.55. The quantitative estimate of drug-likeness (QED) is 0.689. The Bertz CT molecular complexity index is 208. The Hall–Kier alpha value is -0.120. The molecule has 0 aromatic rings. The SMILES string of the molecule is CCCOCCCNC1CC2CCC(C1)N2C. The van der Waals surface area contributed by atoms with Crippen molar-refractivity contribution in [1.29, 1.82) is 0 Å². The van der Waals surface area contributed by atoms with Crippen molar-refractivity contribution in [2.24, 2.45) is 0 Å². The van der Waals surface area contributed by atoms with Gasteiger partial charge in [-0.3, -0.25) is 0 Å². The summed E-state index contributed by atoms with van der Waals surface area (Å²) in [6.45, 7) is 5.11. The number of nitrogens with one attached hydrogen (secondary N) is 1. The van der Waals surface area contributed by atoms with Gasteiger partial charge in [0.1, 0.15) is 0 Å². The molecule has 2 bridgehead atoms. The third-order valence-corrected chi connectivity index (χ3v) is 4.35. The zero-order chi connectivity index (χ0) is 12.1. The highest BCUT2D eigenvalue weighted by Gasteiger charge is 2.37. The van der Waals surface area contributed by atoms with Gasteiger partial charge in [0, 0.05) is 31.3 Å². The molecule has 2 saturated heterocycles. The van der Waals surface area contributed by atoms with Crippen LogP contribution in [0.2, 0.25) is 0 Å². The summed E-state index contributed by atoms with van der Waals surface area (Å²) in [7, 11) is 2.30. The first-order valence-electron chi connectivity index (χ1n) is 7.34. The van der Waals surface area contributed by atoms with Gasteiger partial charge in [0.15, 0.2) is 0 Å². The summed E-state index contributed by atoms with van der Waals surface area (Å²) < 4.78 is 5.50. The fraction of sp³-hybridized carbons (Fsp3) is 1.00. The van der Waals surface area contributed by atoms with Crippen molar-refractivity contribution in [1.82, 2.24) is 10.2 Å². The number of ether oxygens (including phenoxy) is 1. The molecule has 3 nitrogen and oxygen atoms in total. The van der Waals surface area contributed by atoms with Gasteiger partial charge < -0.3 is 15.0 Å². The molecule has 0 aromatic carbocycles. The van der Waals surface area contributed by atoms with Crippen LogP contribution >= 0.6 is 0 Å². The summed E-state index contributed by atoms with van der Waals surface area (Å²) >= 11 is 0. The fourth-order valence-corrected chi connectivity index (χ4v) is 3.30. The first-order chi connectivity index (χ1) is 8.31. The lowest BCUT2D eigenvalue weighted by molar-refractivity contribution is 0.125. The van der Waals surface area contributed by atoms with Crippen molar-refractivity contribution >= 4 is 0 Å². The van der Waals surface area contributed by atoms with Crippen molar-refractivity contribution in [3.8, 4) is 0 Å². The van der Waals surface area contributed by atoms with Gasteiger partial charge in [-0.2, -0.15) is 0 Å². The van der Waals surface area contributed by atoms with E-state index in [9.17, 15) is 0 Å². The summed E-state index contributed by atoms with van der Waals surface area (Å²) in [6.07, 6.45) is 7.82. The molecule has 2 aliphatic heterocycles. The molecular formula is C14H28N2O. The van der Waals surface area contributed by atoms with Gasteiger partial charge in [-0.1, -0.05) is 6.92 Å². The van der Waals surface area contributed by atoms with E-state index in [1.807, 2.05) is 0 Å². The van der Waals surface area contributed by atoms with E-state index in [1.165, 1.54) is 25.7 Å². The number of hydrogen-bond donors (Lipinski definition) is 1. The summed E-state index contributed by atoms with van der Waals surface area (Å²) in [5.74, 6) is 0. The summed E-state index contributed by atoms with van der Waals surface area (Å²) in [5.41, 5.74) is 0. The van der Waals surface area contributed by atoms with Crippen LogP contribution < -0.4 is 5.32 Å². The van der Waals surface area contributed by atoms with Crippen molar-refractivity contribution < 1.29 is 4.74 Å². The Morgan fingerprint density at radius 2 is 1.88 bits per heavy atom. The van der Waals surface area contributed by atoms with E-state index in [2.05, 4.69) is 24.2 Å². The van der Waals surface area contributed by atoms with Gasteiger partial charge in [0.2, 0.25) is 0 Å². The van der Waals surface area contributed by atoms with Crippen LogP contribution in [0.5, 0.6) is 0 Å². The number of piperidine rings is 1. The lowest BCUT2D eigenvalue weighted by Gasteiger charge is -2.36. The summed E-state index contributed by atoms with van der Waals surface area (Å²) in [6, 6.07) is 2.46. The number of rotatable bonds is 7. The van der Waals surface area contributed by atoms with Crippen LogP contribution in [0.15, 0.2) is 0 Å². The highest BCUT2D eigenvalue weighted by Crippen LogP contribution is 2.34. The monoisotopic (exact) mass is 240 g/mol. The molecule has 0 aromatic heterocycles. The zero-order valence-electron chi connectivity index (χ0n) is 11.5. The predicted molar refractivity (Wildman–Crippen MR) is 71.3 cm³/mol. The van der Waals surface area contributed by atoms with Crippen LogP contribution in [0, 0.1) is 0 Å². The molecule has 0 spiro atoms. The minimum absolute atomic E-state index is 0.759. The maximum atomic E-state index is 5.50. The van der Waals surface area contributed by atoms with E-state index >= 15 is 0 Å². The highest BCUT2D eigenvalue weighted by atomic mass is 16.5. The second-order valence-corrected chi connectivity index (χ2v) is 5.64. The lowest BCUT2D eigenvalue weighted by atomic mass is 9.98. The second-order valence-electron chi connectivity index (χ2n) is 5.64. The maximum absolute atomic E-state index is 5.50. The molecule has 2 atom stereocenters. The first-order valence-corrected chi connectivity index (χ1v) is 7.34. The van der Waals surface area contributed by atoms with E-state index in [0.717, 1.165) is 50.7 Å². The molecule has 2 heterocycles. The van der Waals surface area contributed by atoms with Crippen LogP contribution in [-0.2, 0) is 4.74 Å². The lowest BCUT2D eigenvalue weighted by Crippen LogP contribution is -2.47. The summed E-state index contributed by atoms with van der Waals surface area (Å²) in [5, 5.41) is 3.71. The molecular weight excluding hydrogens is 212 g/mol. The van der Waals surface area contributed by atoms with Gasteiger partial charge in [-0.25, -0.2) is 0 Å². The molecule has 2 aliphatic rings. The Labute approximate surface area is 106 Å². The predicted octanol–water partition coefficient (Wildman–Crippen LogP) is 2.02. The van der Waals surface area contributed by atoms with Crippen molar-refractivity contribution in [2.45, 2.75) is 63.6 Å². The number of hydrogen-bond acceptors (Lipinski definition) is 3. The number of fused-ring (bicyclic) bond motifs is 2. The zero-order valence-corrected chi connectivity index (χ0v) is 11.5. The molecule has 0 amide bonds. The number of nitrogens with zero attached hydrogens (tertiary/aromatic N) is 1. The Morgan fingerprint density at radius 1 is 1.18 bits per heavy atom. The molecule has 3 heteroatoms. The molecule has 2 rings (SSSR count). The van der Waals surface area contributed by atoms with Gasteiger partial charge in [0.25, 0.3) is 0 Å². The average molecular weight is 240 g/mol. The first kappa shape index (κ1) is 13.3. The molecule has 0 radical (unpaired) electrons. The van der Waals surface area contributed by atoms with E-state index in [4.69, 9.17) is 4.74 Å². The van der Waals surface area contributed by atoms with E-state index in [1.54, 1.807) is 0 Å². The van der Waals surface area contributed by atoms with E-state index < -0.39 is 0 Å². The molecule has 1 N–H and O–H groups in total. The molecule has 0 aliphatic carbocycles. The molecule has 17 heavy (non-hydrogen) atoms. The summed E-state index contributed by atoms with van der Waals surface area (Å²) in [4.78, 5) is 2.60. The minimum atomic E-state index is 0.759. The Morgan fingerprint density at radius 3 is 2.53 bits per heavy atom. The van der Waals surface area contributed by atoms with E-state index in [0.29, 0.717) is 0 Å². The third-order valence-electron chi connectivity index (χ3n) is 4.35. The normalized spacial score (nSPS) is 33.2. The largest absolute Gasteiger partial charge is 0.381 e. The molecule has 2 unspecified atom stereocenters. The van der Waals surface area contributed by atoms with Gasteiger partial charge in [-0.15, -0.1) is 0 Å². The van der Waals surface area contributed by atoms with Crippen LogP contribution in [0.3, 0.4) is 0 Å². The molecule has 100 valence electrons. The molecule has 0 saturated carbocycles. The topological polar surface area (TPSA) is 24.5 Å². The van der Waals surface area contributed by atoms with E-state index in [-0.39, 0.29) is 0 Å². The van der Waals surface area contributed by atoms with Crippen LogP contribution in [0.25, 0.3) is 0 Å². The standard InChI is InChI=1S/C14H28N2O/c1-3-8-17-9-4-7-15-12-10-13-5-6-14(11-12)16(13)2/h12-15H,3-11H2,1-2H3. The van der Waals surface area contributed by atoms with Crippen LogP contribution in [-0.4, -0.2) is 49.8 Å². The van der Waals surface area contributed by atoms with Crippen LogP contribution in [0.4, 0.5) is 0 Å². The van der Waals surface area contributed by atoms with Crippen molar-refractivity contribution in [2.75, 3.05) is 26.8 Å². The van der Waals surface area contributed by atoms with Crippen LogP contribution in [0.1, 0.15) is 45.4 Å². The molecule has 2 fully saturated rings. The smallest absolute Gasteiger partial charge is 0.0478 e. The Kier molecular flexibility index (Phi) is 5.26. The maximum Gasteiger partial charge on any atom is 0.0478 e. The second kappa shape index (κ2) is 6.72. The fourth-order valence-electron chi connectivity index (χ4n) is 3.30. The van der Waals surface area contributed by atoms with Gasteiger partial charge >= 0.3 is 0 Å². The van der Waals surface area contributed by atoms with Gasteiger partial charge in [-0.05, 0) is 52.1 Å². The minimum Gasteiger partial charge on any atom is -0.381 e. The highest BCUT2D eigenvalue weighted by molar-refractivity contribution is 4.95. The van der Waals surface area contributed by atoms with Crippen molar-refractivity contribution in [3.05, 3.63) is 0 Å². The average Bonchev–Trinajstić information content (AvgIpc) is 2.55. The third kappa shape index (κ3) is 3.67. The van der Waals surface area contributed by atoms with Gasteiger partial charge in [0.05, 0.1) is 0 Å². The van der Waals surface area contributed by atoms with Crippen molar-refractivity contribution in [3.63, 3.8) is 0 Å².